The molecule has 1 amide bonds. The van der Waals surface area contributed by atoms with Crippen molar-refractivity contribution in [3.05, 3.63) is 47.3 Å². The molecule has 1 aromatic heterocycles. The van der Waals surface area contributed by atoms with Gasteiger partial charge in [0.05, 0.1) is 22.6 Å². The molecule has 2 aromatic rings. The van der Waals surface area contributed by atoms with Crippen LogP contribution in [0.5, 0.6) is 0 Å². The van der Waals surface area contributed by atoms with E-state index in [4.69, 9.17) is 0 Å². The van der Waals surface area contributed by atoms with Crippen LogP contribution in [0.3, 0.4) is 0 Å². The Morgan fingerprint density at radius 2 is 1.95 bits per heavy atom. The Bertz CT molecular complexity index is 602. The second-order valence-electron chi connectivity index (χ2n) is 5.08. The van der Waals surface area contributed by atoms with E-state index in [-0.39, 0.29) is 11.9 Å². The molecule has 4 nitrogen and oxygen atoms in total. The summed E-state index contributed by atoms with van der Waals surface area (Å²) in [5, 5.41) is 7.49. The molecular formula is C16H21N3O. The van der Waals surface area contributed by atoms with E-state index < -0.39 is 0 Å². The highest BCUT2D eigenvalue weighted by Gasteiger charge is 2.20. The van der Waals surface area contributed by atoms with E-state index in [0.717, 1.165) is 23.5 Å². The quantitative estimate of drug-likeness (QED) is 0.929. The van der Waals surface area contributed by atoms with E-state index >= 15 is 0 Å². The molecule has 0 unspecified atom stereocenters. The van der Waals surface area contributed by atoms with Gasteiger partial charge in [0.1, 0.15) is 0 Å². The van der Waals surface area contributed by atoms with Crippen molar-refractivity contribution < 1.29 is 4.79 Å². The van der Waals surface area contributed by atoms with Gasteiger partial charge in [0.2, 0.25) is 0 Å². The fourth-order valence-corrected chi connectivity index (χ4v) is 2.19. The number of nitrogens with one attached hydrogen (secondary N) is 1. The van der Waals surface area contributed by atoms with Crippen molar-refractivity contribution in [2.24, 2.45) is 0 Å². The van der Waals surface area contributed by atoms with Crippen molar-refractivity contribution >= 4 is 5.91 Å². The Balaban J connectivity index is 2.37. The fourth-order valence-electron chi connectivity index (χ4n) is 2.19. The van der Waals surface area contributed by atoms with Crippen LogP contribution in [-0.2, 0) is 0 Å². The highest BCUT2D eigenvalue weighted by molar-refractivity contribution is 5.96. The van der Waals surface area contributed by atoms with Gasteiger partial charge in [0.15, 0.2) is 0 Å². The van der Waals surface area contributed by atoms with Gasteiger partial charge in [-0.25, -0.2) is 4.68 Å². The minimum Gasteiger partial charge on any atom is -0.349 e. The second-order valence-corrected chi connectivity index (χ2v) is 5.08. The highest BCUT2D eigenvalue weighted by atomic mass is 16.1. The summed E-state index contributed by atoms with van der Waals surface area (Å²) in [7, 11) is 0. The summed E-state index contributed by atoms with van der Waals surface area (Å²) in [4.78, 5) is 12.3. The minimum absolute atomic E-state index is 0.0449. The van der Waals surface area contributed by atoms with E-state index in [9.17, 15) is 4.79 Å². The normalized spacial score (nSPS) is 12.2. The average Bonchev–Trinajstić information content (AvgIpc) is 2.74. The van der Waals surface area contributed by atoms with Crippen molar-refractivity contribution in [2.75, 3.05) is 0 Å². The predicted octanol–water partition coefficient (Wildman–Crippen LogP) is 3.02. The summed E-state index contributed by atoms with van der Waals surface area (Å²) in [5.41, 5.74) is 3.27. The lowest BCUT2D eigenvalue weighted by atomic mass is 10.1. The largest absolute Gasteiger partial charge is 0.349 e. The van der Waals surface area contributed by atoms with Gasteiger partial charge in [0, 0.05) is 6.04 Å². The number of rotatable bonds is 4. The van der Waals surface area contributed by atoms with Crippen LogP contribution in [0, 0.1) is 13.8 Å². The topological polar surface area (TPSA) is 46.9 Å². The standard InChI is InChI=1S/C16H21N3O/c1-5-11(2)17-16(20)15-12(3)18-19(13(15)4)14-9-7-6-8-10-14/h6-11H,5H2,1-4H3,(H,17,20)/t11-/m1/s1. The first-order valence-corrected chi connectivity index (χ1v) is 6.97. The number of hydrogen-bond donors (Lipinski definition) is 1. The Labute approximate surface area is 119 Å². The Kier molecular flexibility index (Phi) is 4.23. The smallest absolute Gasteiger partial charge is 0.255 e. The molecule has 0 radical (unpaired) electrons. The maximum absolute atomic E-state index is 12.3. The van der Waals surface area contributed by atoms with Crippen LogP contribution < -0.4 is 5.32 Å². The van der Waals surface area contributed by atoms with Gasteiger partial charge in [-0.15, -0.1) is 0 Å². The number of carbonyl (C=O) groups is 1. The molecular weight excluding hydrogens is 250 g/mol. The van der Waals surface area contributed by atoms with Crippen LogP contribution in [0.15, 0.2) is 30.3 Å². The first-order chi connectivity index (χ1) is 9.54. The summed E-state index contributed by atoms with van der Waals surface area (Å²) in [6.07, 6.45) is 0.913. The minimum atomic E-state index is -0.0449. The lowest BCUT2D eigenvalue weighted by molar-refractivity contribution is 0.0938. The maximum atomic E-state index is 12.3. The third kappa shape index (κ3) is 2.74. The first kappa shape index (κ1) is 14.3. The van der Waals surface area contributed by atoms with Crippen LogP contribution in [0.25, 0.3) is 5.69 Å². The number of benzene rings is 1. The SMILES string of the molecule is CC[C@@H](C)NC(=O)c1c(C)nn(-c2ccccc2)c1C. The van der Waals surface area contributed by atoms with Crippen LogP contribution in [0.2, 0.25) is 0 Å². The van der Waals surface area contributed by atoms with Gasteiger partial charge in [-0.2, -0.15) is 5.10 Å². The first-order valence-electron chi connectivity index (χ1n) is 6.97. The van der Waals surface area contributed by atoms with Gasteiger partial charge >= 0.3 is 0 Å². The average molecular weight is 271 g/mol. The Morgan fingerprint density at radius 3 is 2.55 bits per heavy atom. The molecule has 0 spiro atoms. The Morgan fingerprint density at radius 1 is 1.30 bits per heavy atom. The van der Waals surface area contributed by atoms with Crippen LogP contribution in [-0.4, -0.2) is 21.7 Å². The monoisotopic (exact) mass is 271 g/mol. The zero-order chi connectivity index (χ0) is 14.7. The molecule has 1 atom stereocenters. The van der Waals surface area contributed by atoms with Crippen molar-refractivity contribution in [1.82, 2.24) is 15.1 Å². The van der Waals surface area contributed by atoms with E-state index in [1.54, 1.807) is 0 Å². The van der Waals surface area contributed by atoms with Crippen molar-refractivity contribution in [3.63, 3.8) is 0 Å². The van der Waals surface area contributed by atoms with Gasteiger partial charge in [-0.3, -0.25) is 4.79 Å². The Hall–Kier alpha value is -2.10. The molecule has 0 fully saturated rings. The third-order valence-electron chi connectivity index (χ3n) is 3.51. The van der Waals surface area contributed by atoms with Crippen LogP contribution in [0.4, 0.5) is 0 Å². The molecule has 2 rings (SSSR count). The van der Waals surface area contributed by atoms with E-state index in [0.29, 0.717) is 5.56 Å². The molecule has 0 saturated heterocycles. The summed E-state index contributed by atoms with van der Waals surface area (Å²) in [6, 6.07) is 10.0. The molecule has 1 aromatic carbocycles. The zero-order valence-corrected chi connectivity index (χ0v) is 12.5. The molecule has 0 bridgehead atoms. The lowest BCUT2D eigenvalue weighted by Crippen LogP contribution is -2.32. The fraction of sp³-hybridized carbons (Fsp3) is 0.375. The summed E-state index contributed by atoms with van der Waals surface area (Å²) < 4.78 is 1.82. The summed E-state index contributed by atoms with van der Waals surface area (Å²) in [5.74, 6) is -0.0449. The molecule has 1 heterocycles. The molecule has 0 aliphatic carbocycles. The number of amides is 1. The van der Waals surface area contributed by atoms with Gasteiger partial charge in [0.25, 0.3) is 5.91 Å². The number of aromatic nitrogens is 2. The number of carbonyl (C=O) groups excluding carboxylic acids is 1. The number of aryl methyl sites for hydroxylation is 1. The van der Waals surface area contributed by atoms with Crippen molar-refractivity contribution in [1.29, 1.82) is 0 Å². The van der Waals surface area contributed by atoms with Crippen molar-refractivity contribution in [3.8, 4) is 5.69 Å². The second kappa shape index (κ2) is 5.90. The molecule has 20 heavy (non-hydrogen) atoms. The highest BCUT2D eigenvalue weighted by Crippen LogP contribution is 2.17. The zero-order valence-electron chi connectivity index (χ0n) is 12.5. The predicted molar refractivity (Wildman–Crippen MR) is 80.3 cm³/mol. The third-order valence-corrected chi connectivity index (χ3v) is 3.51. The molecule has 0 saturated carbocycles. The van der Waals surface area contributed by atoms with E-state index in [1.807, 2.05) is 55.8 Å². The number of para-hydroxylation sites is 1. The van der Waals surface area contributed by atoms with Gasteiger partial charge in [-0.1, -0.05) is 25.1 Å². The van der Waals surface area contributed by atoms with Crippen molar-refractivity contribution in [2.45, 2.75) is 40.2 Å². The summed E-state index contributed by atoms with van der Waals surface area (Å²) in [6.45, 7) is 7.86. The van der Waals surface area contributed by atoms with Gasteiger partial charge < -0.3 is 5.32 Å². The molecule has 0 aliphatic heterocycles. The summed E-state index contributed by atoms with van der Waals surface area (Å²) >= 11 is 0. The molecule has 1 N–H and O–H groups in total. The molecule has 0 aliphatic rings. The maximum Gasteiger partial charge on any atom is 0.255 e. The van der Waals surface area contributed by atoms with E-state index in [2.05, 4.69) is 17.3 Å². The molecule has 106 valence electrons. The number of nitrogens with zero attached hydrogens (tertiary/aromatic N) is 2. The van der Waals surface area contributed by atoms with E-state index in [1.165, 1.54) is 0 Å². The van der Waals surface area contributed by atoms with Crippen LogP contribution in [0.1, 0.15) is 42.0 Å². The lowest BCUT2D eigenvalue weighted by Gasteiger charge is -2.11. The van der Waals surface area contributed by atoms with Gasteiger partial charge in [-0.05, 0) is 39.3 Å². The number of hydrogen-bond acceptors (Lipinski definition) is 2. The molecule has 4 heteroatoms. The van der Waals surface area contributed by atoms with Crippen LogP contribution >= 0.6 is 0 Å².